The number of nitrogens with two attached hydrogens (primary N) is 1. The fourth-order valence-electron chi connectivity index (χ4n) is 2.46. The van der Waals surface area contributed by atoms with E-state index in [-0.39, 0.29) is 17.9 Å². The Labute approximate surface area is 149 Å². The molecule has 0 aliphatic heterocycles. The fraction of sp³-hybridized carbons (Fsp3) is 0.389. The number of aliphatic carboxylic acids is 1. The summed E-state index contributed by atoms with van der Waals surface area (Å²) < 4.78 is 10.3. The molecule has 1 heterocycles. The van der Waals surface area contributed by atoms with Gasteiger partial charge in [0.15, 0.2) is 0 Å². The molecule has 0 bridgehead atoms. The van der Waals surface area contributed by atoms with Crippen molar-refractivity contribution in [3.63, 3.8) is 0 Å². The van der Waals surface area contributed by atoms with Crippen molar-refractivity contribution < 1.29 is 23.8 Å². The predicted octanol–water partition coefficient (Wildman–Crippen LogP) is 1.04. The van der Waals surface area contributed by atoms with Crippen LogP contribution >= 0.6 is 0 Å². The molecule has 1 atom stereocenters. The van der Waals surface area contributed by atoms with Crippen molar-refractivity contribution in [2.24, 2.45) is 5.73 Å². The molecule has 8 nitrogen and oxygen atoms in total. The van der Waals surface area contributed by atoms with E-state index in [2.05, 4.69) is 5.32 Å². The van der Waals surface area contributed by atoms with Gasteiger partial charge in [-0.3, -0.25) is 9.59 Å². The third-order valence-electron chi connectivity index (χ3n) is 3.95. The maximum absolute atomic E-state index is 12.0. The lowest BCUT2D eigenvalue weighted by Gasteiger charge is -2.07. The molecule has 0 aliphatic rings. The topological polar surface area (TPSA) is 132 Å². The summed E-state index contributed by atoms with van der Waals surface area (Å²) in [7, 11) is 1.52. The Hall–Kier alpha value is -2.87. The van der Waals surface area contributed by atoms with Crippen LogP contribution in [0.3, 0.4) is 0 Å². The van der Waals surface area contributed by atoms with Crippen LogP contribution in [0.5, 0.6) is 5.75 Å². The van der Waals surface area contributed by atoms with Gasteiger partial charge >= 0.3 is 11.6 Å². The van der Waals surface area contributed by atoms with E-state index < -0.39 is 17.6 Å². The zero-order valence-electron chi connectivity index (χ0n) is 14.5. The molecule has 4 N–H and O–H groups in total. The molecule has 1 aromatic heterocycles. The number of hydrogen-bond acceptors (Lipinski definition) is 6. The number of carbonyl (C=O) groups excluding carboxylic acids is 1. The van der Waals surface area contributed by atoms with Crippen molar-refractivity contribution in [1.82, 2.24) is 5.32 Å². The van der Waals surface area contributed by atoms with E-state index in [1.165, 1.54) is 7.11 Å². The van der Waals surface area contributed by atoms with E-state index >= 15 is 0 Å². The Morgan fingerprint density at radius 2 is 2.08 bits per heavy atom. The minimum Gasteiger partial charge on any atom is -0.497 e. The third-order valence-corrected chi connectivity index (χ3v) is 3.95. The van der Waals surface area contributed by atoms with Gasteiger partial charge < -0.3 is 25.3 Å². The Morgan fingerprint density at radius 1 is 1.31 bits per heavy atom. The summed E-state index contributed by atoms with van der Waals surface area (Å²) in [6.07, 6.45) is 1.47. The van der Waals surface area contributed by atoms with Crippen molar-refractivity contribution >= 4 is 22.8 Å². The quantitative estimate of drug-likeness (QED) is 0.448. The maximum atomic E-state index is 12.0. The first-order valence-corrected chi connectivity index (χ1v) is 8.26. The maximum Gasteiger partial charge on any atom is 0.339 e. The predicted molar refractivity (Wildman–Crippen MR) is 95.2 cm³/mol. The van der Waals surface area contributed by atoms with Gasteiger partial charge in [-0.25, -0.2) is 4.79 Å². The van der Waals surface area contributed by atoms with Gasteiger partial charge in [-0.05, 0) is 37.5 Å². The van der Waals surface area contributed by atoms with Gasteiger partial charge in [-0.15, -0.1) is 0 Å². The van der Waals surface area contributed by atoms with Gasteiger partial charge in [0.1, 0.15) is 17.4 Å². The van der Waals surface area contributed by atoms with Crippen molar-refractivity contribution in [3.8, 4) is 5.75 Å². The molecule has 1 aromatic carbocycles. The molecular weight excluding hydrogens is 340 g/mol. The molecule has 0 spiro atoms. The molecule has 0 unspecified atom stereocenters. The number of hydrogen-bond donors (Lipinski definition) is 3. The minimum atomic E-state index is -1.03. The second-order valence-electron chi connectivity index (χ2n) is 5.93. The first-order chi connectivity index (χ1) is 12.4. The van der Waals surface area contributed by atoms with E-state index in [1.807, 2.05) is 0 Å². The van der Waals surface area contributed by atoms with E-state index in [1.54, 1.807) is 24.3 Å². The Bertz CT molecular complexity index is 845. The largest absolute Gasteiger partial charge is 0.497 e. The molecule has 8 heteroatoms. The lowest BCUT2D eigenvalue weighted by molar-refractivity contribution is -0.138. The summed E-state index contributed by atoms with van der Waals surface area (Å²) in [5.41, 5.74) is 5.51. The number of carboxylic acid groups (broad SMARTS) is 1. The Balaban J connectivity index is 1.87. The number of rotatable bonds is 9. The zero-order chi connectivity index (χ0) is 19.1. The van der Waals surface area contributed by atoms with Crippen LogP contribution < -0.4 is 21.4 Å². The number of ether oxygens (including phenoxy) is 1. The van der Waals surface area contributed by atoms with Gasteiger partial charge in [-0.2, -0.15) is 0 Å². The lowest BCUT2D eigenvalue weighted by Crippen LogP contribution is -2.31. The third kappa shape index (κ3) is 5.32. The highest BCUT2D eigenvalue weighted by molar-refractivity contribution is 5.82. The molecule has 2 aromatic rings. The van der Waals surface area contributed by atoms with Crippen molar-refractivity contribution in [2.75, 3.05) is 13.7 Å². The second-order valence-corrected chi connectivity index (χ2v) is 5.93. The summed E-state index contributed by atoms with van der Waals surface area (Å²) >= 11 is 0. The van der Waals surface area contributed by atoms with Crippen LogP contribution in [0.2, 0.25) is 0 Å². The standard InChI is InChI=1S/C18H22N2O6/c1-25-13-6-5-11-8-12(18(24)26-15(11)10-13)9-16(21)20-7-3-2-4-14(19)17(22)23/h5-6,8,10,14H,2-4,7,9,19H2,1H3,(H,20,21)(H,22,23)/t14-/m0/s1. The number of benzene rings is 1. The van der Waals surface area contributed by atoms with Gasteiger partial charge in [0, 0.05) is 23.6 Å². The summed E-state index contributed by atoms with van der Waals surface area (Å²) in [6.45, 7) is 0.390. The van der Waals surface area contributed by atoms with Crippen LogP contribution in [-0.2, 0) is 16.0 Å². The monoisotopic (exact) mass is 362 g/mol. The summed E-state index contributed by atoms with van der Waals surface area (Å²) in [5, 5.41) is 12.1. The number of fused-ring (bicyclic) bond motifs is 1. The van der Waals surface area contributed by atoms with Gasteiger partial charge in [0.2, 0.25) is 5.91 Å². The van der Waals surface area contributed by atoms with Crippen LogP contribution in [0.1, 0.15) is 24.8 Å². The van der Waals surface area contributed by atoms with Crippen LogP contribution in [0.15, 0.2) is 33.5 Å². The second kappa shape index (κ2) is 9.00. The first-order valence-electron chi connectivity index (χ1n) is 8.26. The van der Waals surface area contributed by atoms with Gasteiger partial charge in [0.05, 0.1) is 13.5 Å². The SMILES string of the molecule is COc1ccc2cc(CC(=O)NCCCC[C@H](N)C(=O)O)c(=O)oc2c1. The Morgan fingerprint density at radius 3 is 2.77 bits per heavy atom. The highest BCUT2D eigenvalue weighted by Gasteiger charge is 2.12. The van der Waals surface area contributed by atoms with Crippen molar-refractivity contribution in [2.45, 2.75) is 31.7 Å². The lowest BCUT2D eigenvalue weighted by atomic mass is 10.1. The van der Waals surface area contributed by atoms with Crippen LogP contribution in [0.4, 0.5) is 0 Å². The molecule has 2 rings (SSSR count). The molecule has 140 valence electrons. The average Bonchev–Trinajstić information content (AvgIpc) is 2.61. The molecular formula is C18H22N2O6. The van der Waals surface area contributed by atoms with Crippen LogP contribution in [0, 0.1) is 0 Å². The normalized spacial score (nSPS) is 11.9. The van der Waals surface area contributed by atoms with E-state index in [9.17, 15) is 14.4 Å². The molecule has 0 fully saturated rings. The molecule has 0 aliphatic carbocycles. The minimum absolute atomic E-state index is 0.0844. The summed E-state index contributed by atoms with van der Waals surface area (Å²) in [5.74, 6) is -0.754. The summed E-state index contributed by atoms with van der Waals surface area (Å²) in [4.78, 5) is 34.6. The van der Waals surface area contributed by atoms with Crippen molar-refractivity contribution in [1.29, 1.82) is 0 Å². The smallest absolute Gasteiger partial charge is 0.339 e. The molecule has 1 amide bonds. The highest BCUT2D eigenvalue weighted by atomic mass is 16.5. The number of amides is 1. The fourth-order valence-corrected chi connectivity index (χ4v) is 2.46. The molecule has 0 saturated heterocycles. The van der Waals surface area contributed by atoms with Gasteiger partial charge in [-0.1, -0.05) is 0 Å². The van der Waals surface area contributed by atoms with E-state index in [4.69, 9.17) is 20.0 Å². The number of methoxy groups -OCH3 is 1. The molecule has 0 radical (unpaired) electrons. The molecule has 26 heavy (non-hydrogen) atoms. The zero-order valence-corrected chi connectivity index (χ0v) is 14.5. The average molecular weight is 362 g/mol. The Kier molecular flexibility index (Phi) is 6.74. The van der Waals surface area contributed by atoms with Crippen LogP contribution in [0.25, 0.3) is 11.0 Å². The van der Waals surface area contributed by atoms with Crippen LogP contribution in [-0.4, -0.2) is 36.7 Å². The van der Waals surface area contributed by atoms with Gasteiger partial charge in [0.25, 0.3) is 0 Å². The van der Waals surface area contributed by atoms with E-state index in [0.29, 0.717) is 42.5 Å². The highest BCUT2D eigenvalue weighted by Crippen LogP contribution is 2.20. The molecule has 0 saturated carbocycles. The summed E-state index contributed by atoms with van der Waals surface area (Å²) in [6, 6.07) is 5.86. The number of unbranched alkanes of at least 4 members (excludes halogenated alkanes) is 1. The first kappa shape index (κ1) is 19.5. The number of carboxylic acids is 1. The van der Waals surface area contributed by atoms with E-state index in [0.717, 1.165) is 0 Å². The van der Waals surface area contributed by atoms with Crippen molar-refractivity contribution in [3.05, 3.63) is 40.2 Å². The number of carbonyl (C=O) groups is 2. The number of nitrogens with one attached hydrogen (secondary N) is 1.